The van der Waals surface area contributed by atoms with Crippen molar-refractivity contribution in [2.45, 2.75) is 0 Å². The fraction of sp³-hybridized carbons (Fsp3) is 0.0455. The average molecular weight is 557 g/mol. The van der Waals surface area contributed by atoms with Crippen molar-refractivity contribution in [2.24, 2.45) is 5.10 Å². The summed E-state index contributed by atoms with van der Waals surface area (Å²) in [4.78, 5) is 24.4. The van der Waals surface area contributed by atoms with Gasteiger partial charge in [-0.05, 0) is 60.7 Å². The van der Waals surface area contributed by atoms with E-state index in [-0.39, 0.29) is 17.4 Å². The predicted octanol–water partition coefficient (Wildman–Crippen LogP) is 6.16. The van der Waals surface area contributed by atoms with E-state index in [0.717, 1.165) is 4.47 Å². The zero-order valence-electron chi connectivity index (χ0n) is 16.2. The van der Waals surface area contributed by atoms with E-state index in [4.69, 9.17) is 44.3 Å². The molecule has 0 spiro atoms. The Balaban J connectivity index is 1.62. The lowest BCUT2D eigenvalue weighted by Crippen LogP contribution is -2.24. The summed E-state index contributed by atoms with van der Waals surface area (Å²) >= 11 is 21.0. The molecule has 10 heteroatoms. The van der Waals surface area contributed by atoms with Crippen LogP contribution in [-0.2, 0) is 4.79 Å². The molecule has 0 aliphatic rings. The van der Waals surface area contributed by atoms with E-state index in [0.29, 0.717) is 26.9 Å². The lowest BCUT2D eigenvalue weighted by Gasteiger charge is -2.09. The highest BCUT2D eigenvalue weighted by atomic mass is 79.9. The van der Waals surface area contributed by atoms with Crippen LogP contribution in [0, 0.1) is 0 Å². The summed E-state index contributed by atoms with van der Waals surface area (Å²) in [6.07, 6.45) is 1.35. The quantitative estimate of drug-likeness (QED) is 0.164. The van der Waals surface area contributed by atoms with Gasteiger partial charge >= 0.3 is 5.97 Å². The maximum Gasteiger partial charge on any atom is 0.343 e. The minimum atomic E-state index is -0.559. The van der Waals surface area contributed by atoms with Crippen molar-refractivity contribution in [1.29, 1.82) is 0 Å². The van der Waals surface area contributed by atoms with Gasteiger partial charge in [-0.2, -0.15) is 5.10 Å². The monoisotopic (exact) mass is 554 g/mol. The van der Waals surface area contributed by atoms with Gasteiger partial charge in [0.25, 0.3) is 5.91 Å². The van der Waals surface area contributed by atoms with E-state index < -0.39 is 11.9 Å². The lowest BCUT2D eigenvalue weighted by molar-refractivity contribution is -0.123. The summed E-state index contributed by atoms with van der Waals surface area (Å²) in [5.74, 6) is -0.494. The number of amides is 1. The first-order valence-electron chi connectivity index (χ1n) is 8.99. The number of hydrogen-bond acceptors (Lipinski definition) is 5. The van der Waals surface area contributed by atoms with Gasteiger partial charge in [0.05, 0.1) is 16.8 Å². The second-order valence-electron chi connectivity index (χ2n) is 6.24. The van der Waals surface area contributed by atoms with Crippen LogP contribution in [-0.4, -0.2) is 24.7 Å². The van der Waals surface area contributed by atoms with Crippen LogP contribution in [0.25, 0.3) is 0 Å². The first kappa shape index (κ1) is 24.1. The molecule has 3 rings (SSSR count). The standard InChI is InChI=1S/C22H14BrCl3N2O4/c23-15-3-7-19(32-22(30)13-1-4-16(24)5-2-13)14(9-15)11-27-28-21(29)12-31-20-8-6-17(25)10-18(20)26/h1-11H,12H2,(H,28,29). The van der Waals surface area contributed by atoms with Crippen LogP contribution in [0.2, 0.25) is 15.1 Å². The van der Waals surface area contributed by atoms with Gasteiger partial charge in [0.2, 0.25) is 0 Å². The molecule has 0 aliphatic carbocycles. The molecule has 1 amide bonds. The van der Waals surface area contributed by atoms with E-state index in [2.05, 4.69) is 26.5 Å². The number of nitrogens with one attached hydrogen (secondary N) is 1. The minimum Gasteiger partial charge on any atom is -0.482 e. The number of hydrazone groups is 1. The van der Waals surface area contributed by atoms with Gasteiger partial charge in [0.1, 0.15) is 11.5 Å². The molecular formula is C22H14BrCl3N2O4. The van der Waals surface area contributed by atoms with Gasteiger partial charge in [0.15, 0.2) is 6.61 Å². The van der Waals surface area contributed by atoms with Crippen molar-refractivity contribution in [3.05, 3.63) is 91.3 Å². The number of halogens is 4. The minimum absolute atomic E-state index is 0.260. The smallest absolute Gasteiger partial charge is 0.343 e. The highest BCUT2D eigenvalue weighted by Gasteiger charge is 2.12. The zero-order chi connectivity index (χ0) is 23.1. The van der Waals surface area contributed by atoms with Crippen LogP contribution >= 0.6 is 50.7 Å². The van der Waals surface area contributed by atoms with Crippen LogP contribution < -0.4 is 14.9 Å². The Hall–Kier alpha value is -2.58. The summed E-state index contributed by atoms with van der Waals surface area (Å²) in [6, 6.07) is 16.0. The molecule has 0 saturated heterocycles. The second-order valence-corrected chi connectivity index (χ2v) is 8.43. The lowest BCUT2D eigenvalue weighted by atomic mass is 10.2. The molecule has 0 bridgehead atoms. The molecule has 6 nitrogen and oxygen atoms in total. The molecule has 1 N–H and O–H groups in total. The first-order chi connectivity index (χ1) is 15.3. The van der Waals surface area contributed by atoms with Crippen LogP contribution in [0.1, 0.15) is 15.9 Å². The summed E-state index contributed by atoms with van der Waals surface area (Å²) in [5, 5.41) is 5.15. The fourth-order valence-corrected chi connectivity index (χ4v) is 3.37. The molecule has 0 heterocycles. The third-order valence-corrected chi connectivity index (χ3v) is 5.18. The molecule has 3 aromatic carbocycles. The topological polar surface area (TPSA) is 77.0 Å². The van der Waals surface area contributed by atoms with E-state index >= 15 is 0 Å². The fourth-order valence-electron chi connectivity index (χ4n) is 2.40. The van der Waals surface area contributed by atoms with Crippen LogP contribution in [0.3, 0.4) is 0 Å². The molecule has 3 aromatic rings. The second kappa shape index (κ2) is 11.3. The van der Waals surface area contributed by atoms with Crippen molar-refractivity contribution in [2.75, 3.05) is 6.61 Å². The summed E-state index contributed by atoms with van der Waals surface area (Å²) < 4.78 is 11.5. The maximum atomic E-state index is 12.4. The molecule has 32 heavy (non-hydrogen) atoms. The Morgan fingerprint density at radius 1 is 0.938 bits per heavy atom. The zero-order valence-corrected chi connectivity index (χ0v) is 20.0. The van der Waals surface area contributed by atoms with E-state index in [1.807, 2.05) is 0 Å². The molecule has 0 aromatic heterocycles. The van der Waals surface area contributed by atoms with Gasteiger partial charge in [0, 0.05) is 20.1 Å². The Morgan fingerprint density at radius 3 is 2.34 bits per heavy atom. The number of hydrogen-bond donors (Lipinski definition) is 1. The summed E-state index contributed by atoms with van der Waals surface area (Å²) in [6.45, 7) is -0.310. The van der Waals surface area contributed by atoms with Crippen molar-refractivity contribution in [3.63, 3.8) is 0 Å². The number of nitrogens with zero attached hydrogens (tertiary/aromatic N) is 1. The number of carbonyl (C=O) groups excluding carboxylic acids is 2. The highest BCUT2D eigenvalue weighted by Crippen LogP contribution is 2.27. The van der Waals surface area contributed by atoms with Gasteiger partial charge < -0.3 is 9.47 Å². The Bertz CT molecular complexity index is 1170. The van der Waals surface area contributed by atoms with E-state index in [9.17, 15) is 9.59 Å². The predicted molar refractivity (Wildman–Crippen MR) is 128 cm³/mol. The van der Waals surface area contributed by atoms with Gasteiger partial charge in [-0.25, -0.2) is 10.2 Å². The number of rotatable bonds is 7. The van der Waals surface area contributed by atoms with Gasteiger partial charge in [-0.3, -0.25) is 4.79 Å². The molecule has 0 fully saturated rings. The molecule has 0 radical (unpaired) electrons. The van der Waals surface area contributed by atoms with Crippen molar-refractivity contribution in [3.8, 4) is 11.5 Å². The largest absolute Gasteiger partial charge is 0.482 e. The number of carbonyl (C=O) groups is 2. The SMILES string of the molecule is O=C(COc1ccc(Cl)cc1Cl)NN=Cc1cc(Br)ccc1OC(=O)c1ccc(Cl)cc1. The van der Waals surface area contributed by atoms with E-state index in [1.165, 1.54) is 12.3 Å². The number of benzene rings is 3. The third-order valence-electron chi connectivity index (χ3n) is 3.90. The first-order valence-corrected chi connectivity index (χ1v) is 10.9. The highest BCUT2D eigenvalue weighted by molar-refractivity contribution is 9.10. The normalized spacial score (nSPS) is 10.8. The van der Waals surface area contributed by atoms with Gasteiger partial charge in [-0.15, -0.1) is 0 Å². The maximum absolute atomic E-state index is 12.4. The molecule has 0 saturated carbocycles. The molecule has 0 unspecified atom stereocenters. The molecular weight excluding hydrogens is 543 g/mol. The summed E-state index contributed by atoms with van der Waals surface area (Å²) in [5.41, 5.74) is 3.14. The molecule has 164 valence electrons. The Kier molecular flexibility index (Phi) is 8.53. The average Bonchev–Trinajstić information content (AvgIpc) is 2.75. The number of esters is 1. The van der Waals surface area contributed by atoms with Gasteiger partial charge in [-0.1, -0.05) is 50.7 Å². The van der Waals surface area contributed by atoms with Crippen LogP contribution in [0.15, 0.2) is 70.2 Å². The van der Waals surface area contributed by atoms with Crippen LogP contribution in [0.4, 0.5) is 0 Å². The Labute approximate surface area is 207 Å². The Morgan fingerprint density at radius 2 is 1.62 bits per heavy atom. The molecule has 0 aliphatic heterocycles. The van der Waals surface area contributed by atoms with Crippen molar-refractivity contribution < 1.29 is 19.1 Å². The van der Waals surface area contributed by atoms with Crippen molar-refractivity contribution >= 4 is 68.8 Å². The summed E-state index contributed by atoms with van der Waals surface area (Å²) in [7, 11) is 0. The van der Waals surface area contributed by atoms with Crippen molar-refractivity contribution in [1.82, 2.24) is 5.43 Å². The van der Waals surface area contributed by atoms with E-state index in [1.54, 1.807) is 54.6 Å². The molecule has 0 atom stereocenters. The van der Waals surface area contributed by atoms with Crippen LogP contribution in [0.5, 0.6) is 11.5 Å². The third kappa shape index (κ3) is 6.97. The number of ether oxygens (including phenoxy) is 2.